The number of aromatic carboxylic acids is 1. The summed E-state index contributed by atoms with van der Waals surface area (Å²) in [5.74, 6) is -1.05. The highest BCUT2D eigenvalue weighted by atomic mass is 16.4. The van der Waals surface area contributed by atoms with Crippen LogP contribution in [0.1, 0.15) is 40.7 Å². The molecule has 6 nitrogen and oxygen atoms in total. The lowest BCUT2D eigenvalue weighted by atomic mass is 10.1. The molecule has 0 aliphatic carbocycles. The number of benzene rings is 2. The number of carboxylic acid groups (broad SMARTS) is 1. The molecule has 0 saturated heterocycles. The number of rotatable bonds is 5. The third-order valence-electron chi connectivity index (χ3n) is 4.35. The van der Waals surface area contributed by atoms with Crippen molar-refractivity contribution < 1.29 is 19.5 Å². The van der Waals surface area contributed by atoms with Crippen molar-refractivity contribution in [2.24, 2.45) is 0 Å². The summed E-state index contributed by atoms with van der Waals surface area (Å²) in [4.78, 5) is 34.6. The molecule has 2 aromatic carbocycles. The molecular weight excluding hydrogens is 332 g/mol. The summed E-state index contributed by atoms with van der Waals surface area (Å²) < 4.78 is 0. The summed E-state index contributed by atoms with van der Waals surface area (Å²) in [6.45, 7) is 0. The van der Waals surface area contributed by atoms with E-state index in [1.165, 1.54) is 12.1 Å². The van der Waals surface area contributed by atoms with Crippen LogP contribution in [0.3, 0.4) is 0 Å². The molecule has 0 aromatic heterocycles. The summed E-state index contributed by atoms with van der Waals surface area (Å²) in [7, 11) is 0. The summed E-state index contributed by atoms with van der Waals surface area (Å²) in [6, 6.07) is 12.0. The monoisotopic (exact) mass is 352 g/mol. The molecule has 3 rings (SSSR count). The van der Waals surface area contributed by atoms with Crippen molar-refractivity contribution in [1.82, 2.24) is 0 Å². The van der Waals surface area contributed by atoms with Crippen LogP contribution < -0.4 is 10.6 Å². The molecule has 0 saturated carbocycles. The Morgan fingerprint density at radius 1 is 1.08 bits per heavy atom. The van der Waals surface area contributed by atoms with Gasteiger partial charge in [0, 0.05) is 24.2 Å². The number of fused-ring (bicyclic) bond motifs is 1. The van der Waals surface area contributed by atoms with Crippen LogP contribution in [0.5, 0.6) is 0 Å². The van der Waals surface area contributed by atoms with Crippen molar-refractivity contribution in [3.63, 3.8) is 0 Å². The van der Waals surface area contributed by atoms with Crippen LogP contribution in [0, 0.1) is 0 Å². The Morgan fingerprint density at radius 3 is 2.58 bits per heavy atom. The third-order valence-corrected chi connectivity index (χ3v) is 4.35. The van der Waals surface area contributed by atoms with E-state index in [2.05, 4.69) is 10.6 Å². The fraction of sp³-hybridized carbons (Fsp3) is 0.250. The van der Waals surface area contributed by atoms with E-state index in [4.69, 9.17) is 5.11 Å². The summed E-state index contributed by atoms with van der Waals surface area (Å²) in [6.07, 6.45) is 2.94. The maximum Gasteiger partial charge on any atom is 0.335 e. The van der Waals surface area contributed by atoms with Gasteiger partial charge in [-0.2, -0.15) is 0 Å². The van der Waals surface area contributed by atoms with Gasteiger partial charge in [-0.25, -0.2) is 4.79 Å². The highest BCUT2D eigenvalue weighted by molar-refractivity contribution is 5.94. The third kappa shape index (κ3) is 4.47. The van der Waals surface area contributed by atoms with Crippen LogP contribution in [0.15, 0.2) is 42.5 Å². The molecule has 0 fully saturated rings. The molecule has 1 aliphatic heterocycles. The molecule has 0 atom stereocenters. The first-order chi connectivity index (χ1) is 12.5. The number of nitrogens with one attached hydrogen (secondary N) is 2. The fourth-order valence-electron chi connectivity index (χ4n) is 2.95. The summed E-state index contributed by atoms with van der Waals surface area (Å²) >= 11 is 0. The van der Waals surface area contributed by atoms with Gasteiger partial charge in [0.1, 0.15) is 0 Å². The van der Waals surface area contributed by atoms with Crippen LogP contribution in [-0.2, 0) is 22.4 Å². The lowest BCUT2D eigenvalue weighted by Gasteiger charge is -2.10. The highest BCUT2D eigenvalue weighted by Crippen LogP contribution is 2.25. The second-order valence-corrected chi connectivity index (χ2v) is 6.32. The van der Waals surface area contributed by atoms with Gasteiger partial charge in [0.05, 0.1) is 5.56 Å². The Balaban J connectivity index is 1.57. The Bertz CT molecular complexity index is 843. The Kier molecular flexibility index (Phi) is 5.31. The maximum absolute atomic E-state index is 12.2. The Hall–Kier alpha value is -3.15. The molecule has 1 heterocycles. The normalized spacial score (nSPS) is 13.3. The molecule has 0 unspecified atom stereocenters. The predicted octanol–water partition coefficient (Wildman–Crippen LogP) is 3.23. The van der Waals surface area contributed by atoms with E-state index in [9.17, 15) is 14.4 Å². The standard InChI is InChI=1S/C20H20N2O4/c23-18-3-1-2-15-12-16(9-10-17(15)22-18)21-19(24)11-6-13-4-7-14(8-5-13)20(25)26/h4-5,7-10,12H,1-3,6,11H2,(H,21,24)(H,22,23)(H,25,26). The molecule has 1 aliphatic rings. The quantitative estimate of drug-likeness (QED) is 0.770. The van der Waals surface area contributed by atoms with Crippen LogP contribution >= 0.6 is 0 Å². The minimum atomic E-state index is -0.964. The second-order valence-electron chi connectivity index (χ2n) is 6.32. The van der Waals surface area contributed by atoms with Crippen molar-refractivity contribution >= 4 is 29.2 Å². The minimum absolute atomic E-state index is 0.0226. The molecular formula is C20H20N2O4. The highest BCUT2D eigenvalue weighted by Gasteiger charge is 2.13. The molecule has 0 radical (unpaired) electrons. The molecule has 2 aromatic rings. The number of hydrogen-bond acceptors (Lipinski definition) is 3. The second kappa shape index (κ2) is 7.82. The zero-order valence-electron chi connectivity index (χ0n) is 14.2. The van der Waals surface area contributed by atoms with Crippen molar-refractivity contribution in [3.05, 3.63) is 59.2 Å². The molecule has 6 heteroatoms. The average molecular weight is 352 g/mol. The van der Waals surface area contributed by atoms with Crippen LogP contribution in [-0.4, -0.2) is 22.9 Å². The smallest absolute Gasteiger partial charge is 0.335 e. The number of hydrogen-bond donors (Lipinski definition) is 3. The first-order valence-electron chi connectivity index (χ1n) is 8.56. The number of carbonyl (C=O) groups excluding carboxylic acids is 2. The number of aryl methyl sites for hydroxylation is 2. The minimum Gasteiger partial charge on any atom is -0.478 e. The molecule has 134 valence electrons. The van der Waals surface area contributed by atoms with Gasteiger partial charge in [-0.1, -0.05) is 12.1 Å². The topological polar surface area (TPSA) is 95.5 Å². The van der Waals surface area contributed by atoms with E-state index in [1.807, 2.05) is 12.1 Å². The number of carboxylic acids is 1. The summed E-state index contributed by atoms with van der Waals surface area (Å²) in [5.41, 5.74) is 3.69. The molecule has 26 heavy (non-hydrogen) atoms. The van der Waals surface area contributed by atoms with Crippen molar-refractivity contribution in [2.75, 3.05) is 10.6 Å². The molecule has 0 spiro atoms. The number of amides is 2. The zero-order valence-corrected chi connectivity index (χ0v) is 14.2. The number of anilines is 2. The fourth-order valence-corrected chi connectivity index (χ4v) is 2.95. The van der Waals surface area contributed by atoms with Gasteiger partial charge in [0.15, 0.2) is 0 Å². The zero-order chi connectivity index (χ0) is 18.5. The van der Waals surface area contributed by atoms with Crippen LogP contribution in [0.25, 0.3) is 0 Å². The van der Waals surface area contributed by atoms with E-state index in [-0.39, 0.29) is 17.4 Å². The lowest BCUT2D eigenvalue weighted by Crippen LogP contribution is -2.13. The van der Waals surface area contributed by atoms with Gasteiger partial charge in [0.25, 0.3) is 0 Å². The van der Waals surface area contributed by atoms with E-state index >= 15 is 0 Å². The average Bonchev–Trinajstić information content (AvgIpc) is 2.80. The van der Waals surface area contributed by atoms with Crippen molar-refractivity contribution in [3.8, 4) is 0 Å². The largest absolute Gasteiger partial charge is 0.478 e. The van der Waals surface area contributed by atoms with Gasteiger partial charge >= 0.3 is 5.97 Å². The van der Waals surface area contributed by atoms with E-state index in [0.717, 1.165) is 29.7 Å². The first kappa shape index (κ1) is 17.7. The Labute approximate surface area is 151 Å². The van der Waals surface area contributed by atoms with E-state index in [0.29, 0.717) is 24.9 Å². The van der Waals surface area contributed by atoms with Crippen LogP contribution in [0.2, 0.25) is 0 Å². The van der Waals surface area contributed by atoms with Crippen molar-refractivity contribution in [1.29, 1.82) is 0 Å². The van der Waals surface area contributed by atoms with Gasteiger partial charge in [-0.15, -0.1) is 0 Å². The van der Waals surface area contributed by atoms with Gasteiger partial charge in [-0.05, 0) is 60.7 Å². The van der Waals surface area contributed by atoms with Gasteiger partial charge in [-0.3, -0.25) is 9.59 Å². The van der Waals surface area contributed by atoms with Gasteiger partial charge < -0.3 is 15.7 Å². The predicted molar refractivity (Wildman–Crippen MR) is 98.4 cm³/mol. The van der Waals surface area contributed by atoms with E-state index in [1.54, 1.807) is 18.2 Å². The van der Waals surface area contributed by atoms with Gasteiger partial charge in [0.2, 0.25) is 11.8 Å². The number of carbonyl (C=O) groups is 3. The SMILES string of the molecule is O=C(CCc1ccc(C(=O)O)cc1)Nc1ccc2c(c1)CCCC(=O)N2. The maximum atomic E-state index is 12.2. The Morgan fingerprint density at radius 2 is 1.85 bits per heavy atom. The molecule has 3 N–H and O–H groups in total. The molecule has 0 bridgehead atoms. The summed E-state index contributed by atoms with van der Waals surface area (Å²) in [5, 5.41) is 14.6. The van der Waals surface area contributed by atoms with Crippen molar-refractivity contribution in [2.45, 2.75) is 32.1 Å². The molecule has 2 amide bonds. The first-order valence-corrected chi connectivity index (χ1v) is 8.56. The van der Waals surface area contributed by atoms with Crippen LogP contribution in [0.4, 0.5) is 11.4 Å². The van der Waals surface area contributed by atoms with E-state index < -0.39 is 5.97 Å². The lowest BCUT2D eigenvalue weighted by molar-refractivity contribution is -0.117.